The molecule has 0 radical (unpaired) electrons. The first kappa shape index (κ1) is 23.7. The zero-order chi connectivity index (χ0) is 24.2. The molecular formula is C25H21ClFN3O3S. The number of methoxy groups -OCH3 is 1. The molecule has 0 saturated carbocycles. The van der Waals surface area contributed by atoms with Crippen molar-refractivity contribution in [1.82, 2.24) is 4.90 Å². The number of carbonyl (C=O) groups excluding carboxylic acids is 2. The van der Waals surface area contributed by atoms with Gasteiger partial charge in [-0.3, -0.25) is 14.5 Å². The van der Waals surface area contributed by atoms with Crippen molar-refractivity contribution in [3.05, 3.63) is 89.2 Å². The number of hydrogen-bond acceptors (Lipinski definition) is 4. The van der Waals surface area contributed by atoms with Gasteiger partial charge in [-0.2, -0.15) is 0 Å². The van der Waals surface area contributed by atoms with Crippen LogP contribution in [0.15, 0.2) is 72.8 Å². The number of anilines is 2. The van der Waals surface area contributed by atoms with Gasteiger partial charge in [0.15, 0.2) is 5.11 Å². The van der Waals surface area contributed by atoms with Gasteiger partial charge in [0.1, 0.15) is 17.6 Å². The number of benzene rings is 3. The van der Waals surface area contributed by atoms with E-state index >= 15 is 0 Å². The zero-order valence-electron chi connectivity index (χ0n) is 18.2. The summed E-state index contributed by atoms with van der Waals surface area (Å²) >= 11 is 11.7. The third-order valence-electron chi connectivity index (χ3n) is 5.42. The van der Waals surface area contributed by atoms with E-state index in [1.807, 2.05) is 12.1 Å². The van der Waals surface area contributed by atoms with Crippen molar-refractivity contribution in [3.8, 4) is 5.75 Å². The minimum absolute atomic E-state index is 0.128. The summed E-state index contributed by atoms with van der Waals surface area (Å²) in [5.74, 6) is -0.447. The van der Waals surface area contributed by atoms with Gasteiger partial charge in [0.2, 0.25) is 5.91 Å². The fraction of sp³-hybridized carbons (Fsp3) is 0.160. The molecule has 1 aliphatic heterocycles. The maximum atomic E-state index is 13.5. The van der Waals surface area contributed by atoms with Gasteiger partial charge in [0.05, 0.1) is 19.2 Å². The summed E-state index contributed by atoms with van der Waals surface area (Å²) in [6.45, 7) is 0.322. The standard InChI is InChI=1S/C25H21ClFN3O3S/c1-33-21-12-10-20(11-13-21)30-24(32)22(14-23(31)28-19-8-6-18(27)7-9-19)29(25(30)34)15-16-2-4-17(26)5-3-16/h2-13,22H,14-15H2,1H3,(H,28,31). The number of ether oxygens (including phenoxy) is 1. The Morgan fingerprint density at radius 3 is 2.32 bits per heavy atom. The first-order valence-electron chi connectivity index (χ1n) is 10.4. The molecule has 6 nitrogen and oxygen atoms in total. The van der Waals surface area contributed by atoms with Gasteiger partial charge in [-0.05, 0) is 78.4 Å². The fourth-order valence-corrected chi connectivity index (χ4v) is 4.20. The van der Waals surface area contributed by atoms with Gasteiger partial charge in [-0.25, -0.2) is 4.39 Å². The van der Waals surface area contributed by atoms with Crippen LogP contribution in [0.5, 0.6) is 5.75 Å². The van der Waals surface area contributed by atoms with Crippen LogP contribution in [-0.4, -0.2) is 35.0 Å². The lowest BCUT2D eigenvalue weighted by molar-refractivity contribution is -0.124. The number of carbonyl (C=O) groups is 2. The first-order valence-corrected chi connectivity index (χ1v) is 11.2. The molecule has 1 N–H and O–H groups in total. The lowest BCUT2D eigenvalue weighted by Gasteiger charge is -2.24. The molecule has 0 aromatic heterocycles. The van der Waals surface area contributed by atoms with Crippen LogP contribution in [0.4, 0.5) is 15.8 Å². The minimum atomic E-state index is -0.814. The van der Waals surface area contributed by atoms with Crippen LogP contribution in [0.2, 0.25) is 5.02 Å². The van der Waals surface area contributed by atoms with Crippen LogP contribution in [0, 0.1) is 5.82 Å². The lowest BCUT2D eigenvalue weighted by atomic mass is 10.1. The average molecular weight is 498 g/mol. The molecular weight excluding hydrogens is 477 g/mol. The summed E-state index contributed by atoms with van der Waals surface area (Å²) in [7, 11) is 1.56. The van der Waals surface area contributed by atoms with Crippen molar-refractivity contribution in [2.24, 2.45) is 0 Å². The van der Waals surface area contributed by atoms with E-state index in [1.165, 1.54) is 29.2 Å². The number of nitrogens with zero attached hydrogens (tertiary/aromatic N) is 2. The number of thiocarbonyl (C=S) groups is 1. The highest BCUT2D eigenvalue weighted by Gasteiger charge is 2.44. The Morgan fingerprint density at radius 1 is 1.06 bits per heavy atom. The number of hydrogen-bond donors (Lipinski definition) is 1. The molecule has 0 aliphatic carbocycles. The first-order chi connectivity index (χ1) is 16.4. The molecule has 0 bridgehead atoms. The van der Waals surface area contributed by atoms with Crippen LogP contribution >= 0.6 is 23.8 Å². The summed E-state index contributed by atoms with van der Waals surface area (Å²) in [5.41, 5.74) is 1.91. The second kappa shape index (κ2) is 10.2. The molecule has 174 valence electrons. The highest BCUT2D eigenvalue weighted by atomic mass is 35.5. The van der Waals surface area contributed by atoms with E-state index in [9.17, 15) is 14.0 Å². The van der Waals surface area contributed by atoms with Gasteiger partial charge in [0.25, 0.3) is 5.91 Å². The Hall–Kier alpha value is -3.49. The largest absolute Gasteiger partial charge is 0.497 e. The Balaban J connectivity index is 1.59. The van der Waals surface area contributed by atoms with E-state index in [0.29, 0.717) is 33.8 Å². The maximum absolute atomic E-state index is 13.5. The van der Waals surface area contributed by atoms with Crippen molar-refractivity contribution < 1.29 is 18.7 Å². The van der Waals surface area contributed by atoms with Crippen molar-refractivity contribution in [3.63, 3.8) is 0 Å². The molecule has 1 heterocycles. The molecule has 34 heavy (non-hydrogen) atoms. The molecule has 1 saturated heterocycles. The molecule has 2 amide bonds. The Kier molecular flexibility index (Phi) is 7.09. The molecule has 9 heteroatoms. The summed E-state index contributed by atoms with van der Waals surface area (Å²) in [6, 6.07) is 18.8. The Morgan fingerprint density at radius 2 is 1.71 bits per heavy atom. The van der Waals surface area contributed by atoms with E-state index in [2.05, 4.69) is 5.32 Å². The summed E-state index contributed by atoms with van der Waals surface area (Å²) in [5, 5.41) is 3.60. The van der Waals surface area contributed by atoms with Gasteiger partial charge in [-0.1, -0.05) is 23.7 Å². The van der Waals surface area contributed by atoms with E-state index in [-0.39, 0.29) is 18.2 Å². The van der Waals surface area contributed by atoms with Crippen LogP contribution in [0.3, 0.4) is 0 Å². The fourth-order valence-electron chi connectivity index (χ4n) is 3.69. The summed E-state index contributed by atoms with van der Waals surface area (Å²) < 4.78 is 18.4. The molecule has 1 unspecified atom stereocenters. The summed E-state index contributed by atoms with van der Waals surface area (Å²) in [4.78, 5) is 29.4. The smallest absolute Gasteiger partial charge is 0.256 e. The second-order valence-corrected chi connectivity index (χ2v) is 8.49. The van der Waals surface area contributed by atoms with Crippen molar-refractivity contribution in [2.45, 2.75) is 19.0 Å². The van der Waals surface area contributed by atoms with Gasteiger partial charge >= 0.3 is 0 Å². The second-order valence-electron chi connectivity index (χ2n) is 7.68. The van der Waals surface area contributed by atoms with Crippen molar-refractivity contribution in [2.75, 3.05) is 17.3 Å². The topological polar surface area (TPSA) is 61.9 Å². The van der Waals surface area contributed by atoms with E-state index < -0.39 is 11.9 Å². The van der Waals surface area contributed by atoms with Crippen LogP contribution < -0.4 is 15.0 Å². The minimum Gasteiger partial charge on any atom is -0.497 e. The Bertz CT molecular complexity index is 1200. The monoisotopic (exact) mass is 497 g/mol. The SMILES string of the molecule is COc1ccc(N2C(=O)C(CC(=O)Nc3ccc(F)cc3)N(Cc3ccc(Cl)cc3)C2=S)cc1. The normalized spacial score (nSPS) is 15.6. The van der Waals surface area contributed by atoms with E-state index in [1.54, 1.807) is 48.4 Å². The van der Waals surface area contributed by atoms with Crippen LogP contribution in [0.1, 0.15) is 12.0 Å². The average Bonchev–Trinajstić information content (AvgIpc) is 3.06. The maximum Gasteiger partial charge on any atom is 0.256 e. The van der Waals surface area contributed by atoms with E-state index in [4.69, 9.17) is 28.6 Å². The predicted octanol–water partition coefficient (Wildman–Crippen LogP) is 5.02. The number of halogens is 2. The third kappa shape index (κ3) is 5.18. The van der Waals surface area contributed by atoms with Gasteiger partial charge in [0, 0.05) is 17.3 Å². The molecule has 3 aromatic carbocycles. The highest BCUT2D eigenvalue weighted by Crippen LogP contribution is 2.30. The quantitative estimate of drug-likeness (QED) is 0.464. The highest BCUT2D eigenvalue weighted by molar-refractivity contribution is 7.80. The van der Waals surface area contributed by atoms with Crippen molar-refractivity contribution >= 4 is 52.1 Å². The van der Waals surface area contributed by atoms with Gasteiger partial charge in [-0.15, -0.1) is 0 Å². The predicted molar refractivity (Wildman–Crippen MR) is 134 cm³/mol. The van der Waals surface area contributed by atoms with Crippen molar-refractivity contribution in [1.29, 1.82) is 0 Å². The van der Waals surface area contributed by atoms with Gasteiger partial charge < -0.3 is 15.0 Å². The van der Waals surface area contributed by atoms with Crippen LogP contribution in [-0.2, 0) is 16.1 Å². The number of rotatable bonds is 7. The third-order valence-corrected chi connectivity index (χ3v) is 6.09. The van der Waals surface area contributed by atoms with Crippen LogP contribution in [0.25, 0.3) is 0 Å². The number of amides is 2. The molecule has 1 atom stereocenters. The summed E-state index contributed by atoms with van der Waals surface area (Å²) in [6.07, 6.45) is -0.128. The molecule has 1 fully saturated rings. The molecule has 4 rings (SSSR count). The number of nitrogens with one attached hydrogen (secondary N) is 1. The molecule has 1 aliphatic rings. The van der Waals surface area contributed by atoms with E-state index in [0.717, 1.165) is 5.56 Å². The zero-order valence-corrected chi connectivity index (χ0v) is 19.8. The Labute approximate surface area is 206 Å². The molecule has 0 spiro atoms. The molecule has 3 aromatic rings. The lowest BCUT2D eigenvalue weighted by Crippen LogP contribution is -2.37.